The summed E-state index contributed by atoms with van der Waals surface area (Å²) in [6, 6.07) is 8.67. The predicted molar refractivity (Wildman–Crippen MR) is 92.9 cm³/mol. The van der Waals surface area contributed by atoms with Crippen molar-refractivity contribution in [2.45, 2.75) is 13.0 Å². The second kappa shape index (κ2) is 6.16. The average Bonchev–Trinajstić information content (AvgIpc) is 3.00. The topological polar surface area (TPSA) is 35.5 Å². The summed E-state index contributed by atoms with van der Waals surface area (Å²) in [5.74, 6) is 0.865. The normalized spacial score (nSPS) is 18.3. The molecule has 0 N–H and O–H groups in total. The zero-order chi connectivity index (χ0) is 15.6. The number of rotatable bonds is 3. The minimum absolute atomic E-state index is 0.865. The average molecular weight is 309 g/mol. The van der Waals surface area contributed by atoms with Gasteiger partial charge in [-0.2, -0.15) is 0 Å². The van der Waals surface area contributed by atoms with Crippen LogP contribution in [0.5, 0.6) is 0 Å². The summed E-state index contributed by atoms with van der Waals surface area (Å²) < 4.78 is 0. The van der Waals surface area contributed by atoms with E-state index in [1.165, 1.54) is 16.8 Å². The Balaban J connectivity index is 1.43. The lowest BCUT2D eigenvalue weighted by Crippen LogP contribution is -2.45. The van der Waals surface area contributed by atoms with Crippen LogP contribution in [0.25, 0.3) is 0 Å². The maximum absolute atomic E-state index is 4.60. The van der Waals surface area contributed by atoms with Crippen molar-refractivity contribution >= 4 is 11.6 Å². The number of hydrogen-bond donors (Lipinski definition) is 0. The van der Waals surface area contributed by atoms with Gasteiger partial charge in [-0.05, 0) is 25.1 Å². The molecule has 2 aromatic rings. The van der Waals surface area contributed by atoms with Gasteiger partial charge in [-0.25, -0.2) is 9.97 Å². The molecule has 0 aliphatic carbocycles. The number of hydrogen-bond acceptors (Lipinski definition) is 5. The van der Waals surface area contributed by atoms with E-state index in [-0.39, 0.29) is 0 Å². The Morgan fingerprint density at radius 3 is 2.48 bits per heavy atom. The van der Waals surface area contributed by atoms with Gasteiger partial charge in [-0.15, -0.1) is 0 Å². The zero-order valence-electron chi connectivity index (χ0n) is 13.6. The van der Waals surface area contributed by atoms with E-state index in [0.29, 0.717) is 0 Å². The Labute approximate surface area is 137 Å². The summed E-state index contributed by atoms with van der Waals surface area (Å²) in [7, 11) is 2.16. The Hall–Kier alpha value is -2.14. The monoisotopic (exact) mass is 309 g/mol. The van der Waals surface area contributed by atoms with Crippen LogP contribution in [0.2, 0.25) is 0 Å². The van der Waals surface area contributed by atoms with Gasteiger partial charge in [-0.1, -0.05) is 18.2 Å². The number of likely N-dealkylation sites (N-methyl/N-ethyl adjacent to an activating group) is 1. The smallest absolute Gasteiger partial charge is 0.225 e. The van der Waals surface area contributed by atoms with E-state index in [9.17, 15) is 0 Å². The summed E-state index contributed by atoms with van der Waals surface area (Å²) in [6.45, 7) is 6.15. The predicted octanol–water partition coefficient (Wildman–Crippen LogP) is 1.79. The van der Waals surface area contributed by atoms with Gasteiger partial charge in [0, 0.05) is 62.9 Å². The Morgan fingerprint density at radius 2 is 1.70 bits per heavy atom. The standard InChI is InChI=1S/C18H23N5/c1-21-8-10-22(11-9-21)18-19-12-15(13-20-18)14-23-7-6-16-4-2-3-5-17(16)23/h2-5,12-13H,6-11,14H2,1H3. The molecule has 5 nitrogen and oxygen atoms in total. The second-order valence-corrected chi connectivity index (χ2v) is 6.48. The van der Waals surface area contributed by atoms with Crippen LogP contribution in [-0.4, -0.2) is 54.6 Å². The van der Waals surface area contributed by atoms with Gasteiger partial charge >= 0.3 is 0 Å². The number of benzene rings is 1. The van der Waals surface area contributed by atoms with Gasteiger partial charge < -0.3 is 14.7 Å². The number of aromatic nitrogens is 2. The highest BCUT2D eigenvalue weighted by molar-refractivity contribution is 5.58. The molecule has 4 rings (SSSR count). The van der Waals surface area contributed by atoms with Gasteiger partial charge in [0.2, 0.25) is 5.95 Å². The third-order valence-corrected chi connectivity index (χ3v) is 4.83. The number of para-hydroxylation sites is 1. The fourth-order valence-corrected chi connectivity index (χ4v) is 3.39. The molecule has 1 saturated heterocycles. The van der Waals surface area contributed by atoms with Crippen LogP contribution >= 0.6 is 0 Å². The summed E-state index contributed by atoms with van der Waals surface area (Å²) in [6.07, 6.45) is 5.11. The quantitative estimate of drug-likeness (QED) is 0.864. The maximum atomic E-state index is 4.60. The van der Waals surface area contributed by atoms with Gasteiger partial charge in [0.1, 0.15) is 0 Å². The van der Waals surface area contributed by atoms with Gasteiger partial charge in [0.25, 0.3) is 0 Å². The molecule has 2 aliphatic rings. The van der Waals surface area contributed by atoms with Crippen molar-refractivity contribution in [3.8, 4) is 0 Å². The van der Waals surface area contributed by atoms with E-state index >= 15 is 0 Å². The number of nitrogens with zero attached hydrogens (tertiary/aromatic N) is 5. The number of anilines is 2. The Bertz CT molecular complexity index is 661. The number of piperazine rings is 1. The molecule has 0 spiro atoms. The molecule has 120 valence electrons. The van der Waals surface area contributed by atoms with Crippen molar-refractivity contribution in [2.75, 3.05) is 49.6 Å². The summed E-state index contributed by atoms with van der Waals surface area (Å²) in [5.41, 5.74) is 3.98. The molecule has 1 aromatic carbocycles. The van der Waals surface area contributed by atoms with Crippen LogP contribution in [0.1, 0.15) is 11.1 Å². The zero-order valence-corrected chi connectivity index (χ0v) is 13.6. The molecule has 1 aromatic heterocycles. The van der Waals surface area contributed by atoms with Crippen molar-refractivity contribution in [2.24, 2.45) is 0 Å². The molecule has 2 aliphatic heterocycles. The first kappa shape index (κ1) is 14.5. The van der Waals surface area contributed by atoms with Crippen molar-refractivity contribution in [1.29, 1.82) is 0 Å². The van der Waals surface area contributed by atoms with Crippen LogP contribution in [0.3, 0.4) is 0 Å². The largest absolute Gasteiger partial charge is 0.367 e. The molecule has 0 saturated carbocycles. The minimum Gasteiger partial charge on any atom is -0.367 e. The summed E-state index contributed by atoms with van der Waals surface area (Å²) in [5, 5.41) is 0. The highest BCUT2D eigenvalue weighted by atomic mass is 15.3. The van der Waals surface area contributed by atoms with Crippen molar-refractivity contribution < 1.29 is 0 Å². The second-order valence-electron chi connectivity index (χ2n) is 6.48. The Morgan fingerprint density at radius 1 is 0.957 bits per heavy atom. The van der Waals surface area contributed by atoms with E-state index < -0.39 is 0 Å². The molecule has 0 bridgehead atoms. The van der Waals surface area contributed by atoms with Gasteiger partial charge in [-0.3, -0.25) is 0 Å². The highest BCUT2D eigenvalue weighted by Gasteiger charge is 2.19. The molecule has 0 atom stereocenters. The SMILES string of the molecule is CN1CCN(c2ncc(CN3CCc4ccccc43)cn2)CC1. The van der Waals surface area contributed by atoms with Crippen LogP contribution in [-0.2, 0) is 13.0 Å². The number of fused-ring (bicyclic) bond motifs is 1. The summed E-state index contributed by atoms with van der Waals surface area (Å²) >= 11 is 0. The molecule has 0 unspecified atom stereocenters. The van der Waals surface area contributed by atoms with E-state index in [2.05, 4.69) is 56.0 Å². The molecule has 3 heterocycles. The van der Waals surface area contributed by atoms with Crippen molar-refractivity contribution in [3.63, 3.8) is 0 Å². The fourth-order valence-electron chi connectivity index (χ4n) is 3.39. The van der Waals surface area contributed by atoms with Crippen molar-refractivity contribution in [3.05, 3.63) is 47.8 Å². The van der Waals surface area contributed by atoms with Crippen LogP contribution in [0, 0.1) is 0 Å². The van der Waals surface area contributed by atoms with Crippen LogP contribution < -0.4 is 9.80 Å². The summed E-state index contributed by atoms with van der Waals surface area (Å²) in [4.78, 5) is 16.2. The van der Waals surface area contributed by atoms with E-state index in [4.69, 9.17) is 0 Å². The minimum atomic E-state index is 0.865. The Kier molecular flexibility index (Phi) is 3.87. The molecular weight excluding hydrogens is 286 g/mol. The highest BCUT2D eigenvalue weighted by Crippen LogP contribution is 2.28. The first-order valence-corrected chi connectivity index (χ1v) is 8.37. The first-order valence-electron chi connectivity index (χ1n) is 8.37. The molecule has 0 radical (unpaired) electrons. The molecule has 23 heavy (non-hydrogen) atoms. The van der Waals surface area contributed by atoms with E-state index in [1.807, 2.05) is 12.4 Å². The van der Waals surface area contributed by atoms with Crippen molar-refractivity contribution in [1.82, 2.24) is 14.9 Å². The third-order valence-electron chi connectivity index (χ3n) is 4.83. The van der Waals surface area contributed by atoms with Crippen LogP contribution in [0.4, 0.5) is 11.6 Å². The molecule has 1 fully saturated rings. The molecule has 5 heteroatoms. The van der Waals surface area contributed by atoms with Crippen LogP contribution in [0.15, 0.2) is 36.7 Å². The lowest BCUT2D eigenvalue weighted by Gasteiger charge is -2.32. The van der Waals surface area contributed by atoms with Gasteiger partial charge in [0.15, 0.2) is 0 Å². The third kappa shape index (κ3) is 3.01. The van der Waals surface area contributed by atoms with Gasteiger partial charge in [0.05, 0.1) is 0 Å². The maximum Gasteiger partial charge on any atom is 0.225 e. The first-order chi connectivity index (χ1) is 11.3. The van der Waals surface area contributed by atoms with E-state index in [0.717, 1.165) is 51.6 Å². The molecular formula is C18H23N5. The fraction of sp³-hybridized carbons (Fsp3) is 0.444. The lowest BCUT2D eigenvalue weighted by atomic mass is 10.2. The lowest BCUT2D eigenvalue weighted by molar-refractivity contribution is 0.311. The van der Waals surface area contributed by atoms with E-state index in [1.54, 1.807) is 0 Å². The molecule has 0 amide bonds.